The smallest absolute Gasteiger partial charge is 0.297 e. The third-order valence-corrected chi connectivity index (χ3v) is 6.31. The average molecular weight is 449 g/mol. The predicted octanol–water partition coefficient (Wildman–Crippen LogP) is 4.03. The molecule has 0 radical (unpaired) electrons. The SMILES string of the molecule is COc1ccc(C2c3c(oc4ccc(C)cc4c3=O)C(=O)N2c2nnc(C)s2)cc1OC. The first-order chi connectivity index (χ1) is 15.4. The molecular formula is C23H19N3O5S. The van der Waals surface area contributed by atoms with E-state index in [0.29, 0.717) is 38.2 Å². The molecule has 0 N–H and O–H groups in total. The van der Waals surface area contributed by atoms with Crippen LogP contribution in [0.15, 0.2) is 45.6 Å². The Morgan fingerprint density at radius 1 is 1.00 bits per heavy atom. The molecule has 0 aliphatic carbocycles. The van der Waals surface area contributed by atoms with Crippen LogP contribution in [0.3, 0.4) is 0 Å². The zero-order chi connectivity index (χ0) is 22.6. The number of nitrogens with zero attached hydrogens (tertiary/aromatic N) is 3. The molecule has 8 nitrogen and oxygen atoms in total. The molecule has 0 fully saturated rings. The lowest BCUT2D eigenvalue weighted by atomic mass is 9.98. The molecule has 9 heteroatoms. The highest BCUT2D eigenvalue weighted by atomic mass is 32.1. The van der Waals surface area contributed by atoms with Crippen molar-refractivity contribution in [2.24, 2.45) is 0 Å². The minimum atomic E-state index is -0.745. The van der Waals surface area contributed by atoms with Gasteiger partial charge >= 0.3 is 0 Å². The fourth-order valence-corrected chi connectivity index (χ4v) is 4.72. The summed E-state index contributed by atoms with van der Waals surface area (Å²) < 4.78 is 16.8. The van der Waals surface area contributed by atoms with Crippen LogP contribution in [0.1, 0.15) is 38.3 Å². The van der Waals surface area contributed by atoms with Crippen molar-refractivity contribution >= 4 is 33.3 Å². The van der Waals surface area contributed by atoms with Gasteiger partial charge in [0.15, 0.2) is 16.9 Å². The van der Waals surface area contributed by atoms with E-state index >= 15 is 0 Å². The summed E-state index contributed by atoms with van der Waals surface area (Å²) in [6, 6.07) is 9.88. The number of carbonyl (C=O) groups is 1. The normalized spacial score (nSPS) is 15.3. The zero-order valence-electron chi connectivity index (χ0n) is 17.8. The van der Waals surface area contributed by atoms with Gasteiger partial charge in [0, 0.05) is 0 Å². The van der Waals surface area contributed by atoms with E-state index in [1.54, 1.807) is 44.4 Å². The lowest BCUT2D eigenvalue weighted by molar-refractivity contribution is 0.0970. The van der Waals surface area contributed by atoms with Gasteiger partial charge in [0.25, 0.3) is 5.91 Å². The number of aromatic nitrogens is 2. The number of carbonyl (C=O) groups excluding carboxylic acids is 1. The van der Waals surface area contributed by atoms with Crippen molar-refractivity contribution in [3.05, 3.63) is 74.1 Å². The summed E-state index contributed by atoms with van der Waals surface area (Å²) >= 11 is 1.27. The van der Waals surface area contributed by atoms with E-state index < -0.39 is 11.9 Å². The number of anilines is 1. The molecule has 2 aromatic carbocycles. The van der Waals surface area contributed by atoms with Gasteiger partial charge < -0.3 is 13.9 Å². The van der Waals surface area contributed by atoms with Crippen LogP contribution in [0.25, 0.3) is 11.0 Å². The van der Waals surface area contributed by atoms with Crippen LogP contribution in [0.2, 0.25) is 0 Å². The standard InChI is InChI=1S/C23H19N3O5S/c1-11-5-7-15-14(9-11)20(27)18-19(13-6-8-16(29-3)17(10-13)30-4)26(22(28)21(18)31-15)23-25-24-12(2)32-23/h5-10,19H,1-4H3. The van der Waals surface area contributed by atoms with E-state index in [2.05, 4.69) is 10.2 Å². The summed E-state index contributed by atoms with van der Waals surface area (Å²) in [6.45, 7) is 3.71. The first-order valence-electron chi connectivity index (χ1n) is 9.86. The van der Waals surface area contributed by atoms with Crippen molar-refractivity contribution in [1.82, 2.24) is 10.2 Å². The second-order valence-corrected chi connectivity index (χ2v) is 8.63. The molecule has 1 aliphatic heterocycles. The molecule has 0 saturated carbocycles. The Hall–Kier alpha value is -3.72. The molecule has 5 rings (SSSR count). The van der Waals surface area contributed by atoms with Crippen molar-refractivity contribution in [2.75, 3.05) is 19.1 Å². The molecule has 2 aromatic heterocycles. The fraction of sp³-hybridized carbons (Fsp3) is 0.217. The summed E-state index contributed by atoms with van der Waals surface area (Å²) in [5, 5.41) is 9.75. The number of hydrogen-bond donors (Lipinski definition) is 0. The number of benzene rings is 2. The molecule has 3 heterocycles. The van der Waals surface area contributed by atoms with Crippen molar-refractivity contribution in [1.29, 1.82) is 0 Å². The highest BCUT2D eigenvalue weighted by Crippen LogP contribution is 2.43. The summed E-state index contributed by atoms with van der Waals surface area (Å²) in [6.07, 6.45) is 0. The first kappa shape index (κ1) is 20.2. The molecule has 1 atom stereocenters. The van der Waals surface area contributed by atoms with Crippen LogP contribution in [0.4, 0.5) is 5.13 Å². The van der Waals surface area contributed by atoms with E-state index in [9.17, 15) is 9.59 Å². The third-order valence-electron chi connectivity index (χ3n) is 5.47. The maximum Gasteiger partial charge on any atom is 0.297 e. The molecule has 0 spiro atoms. The number of ether oxygens (including phenoxy) is 2. The van der Waals surface area contributed by atoms with E-state index in [4.69, 9.17) is 13.9 Å². The topological polar surface area (TPSA) is 94.8 Å². The van der Waals surface area contributed by atoms with Gasteiger partial charge in [-0.3, -0.25) is 14.5 Å². The van der Waals surface area contributed by atoms with Gasteiger partial charge in [0.2, 0.25) is 10.9 Å². The summed E-state index contributed by atoms with van der Waals surface area (Å²) in [4.78, 5) is 28.6. The van der Waals surface area contributed by atoms with Crippen LogP contribution in [0.5, 0.6) is 11.5 Å². The van der Waals surface area contributed by atoms with Crippen LogP contribution in [-0.2, 0) is 0 Å². The van der Waals surface area contributed by atoms with E-state index in [1.165, 1.54) is 23.3 Å². The molecule has 1 unspecified atom stereocenters. The van der Waals surface area contributed by atoms with E-state index in [-0.39, 0.29) is 16.8 Å². The largest absolute Gasteiger partial charge is 0.493 e. The Labute approximate surface area is 187 Å². The van der Waals surface area contributed by atoms with E-state index in [1.807, 2.05) is 13.0 Å². The van der Waals surface area contributed by atoms with Crippen molar-refractivity contribution in [3.8, 4) is 11.5 Å². The highest BCUT2D eigenvalue weighted by molar-refractivity contribution is 7.15. The number of amides is 1. The predicted molar refractivity (Wildman–Crippen MR) is 120 cm³/mol. The molecule has 1 amide bonds. The third kappa shape index (κ3) is 2.96. The zero-order valence-corrected chi connectivity index (χ0v) is 18.6. The van der Waals surface area contributed by atoms with E-state index in [0.717, 1.165) is 5.56 Å². The Morgan fingerprint density at radius 2 is 1.78 bits per heavy atom. The molecule has 4 aromatic rings. The second-order valence-electron chi connectivity index (χ2n) is 7.47. The molecular weight excluding hydrogens is 430 g/mol. The number of aryl methyl sites for hydroxylation is 2. The van der Waals surface area contributed by atoms with Gasteiger partial charge in [0.05, 0.1) is 31.2 Å². The maximum atomic E-state index is 13.6. The lowest BCUT2D eigenvalue weighted by Gasteiger charge is -2.23. The molecule has 162 valence electrons. The van der Waals surface area contributed by atoms with Crippen LogP contribution >= 0.6 is 11.3 Å². The molecule has 32 heavy (non-hydrogen) atoms. The Balaban J connectivity index is 1.81. The van der Waals surface area contributed by atoms with Gasteiger partial charge in [-0.25, -0.2) is 0 Å². The summed E-state index contributed by atoms with van der Waals surface area (Å²) in [5.74, 6) is 0.607. The van der Waals surface area contributed by atoms with Crippen LogP contribution in [-0.4, -0.2) is 30.3 Å². The Morgan fingerprint density at radius 3 is 2.47 bits per heavy atom. The minimum Gasteiger partial charge on any atom is -0.493 e. The quantitative estimate of drug-likeness (QED) is 0.464. The fourth-order valence-electron chi connectivity index (χ4n) is 4.01. The highest BCUT2D eigenvalue weighted by Gasteiger charge is 2.45. The van der Waals surface area contributed by atoms with Crippen LogP contribution < -0.4 is 19.8 Å². The van der Waals surface area contributed by atoms with Crippen molar-refractivity contribution in [2.45, 2.75) is 19.9 Å². The first-order valence-corrected chi connectivity index (χ1v) is 10.7. The number of rotatable bonds is 4. The van der Waals surface area contributed by atoms with Gasteiger partial charge in [-0.05, 0) is 43.7 Å². The van der Waals surface area contributed by atoms with Crippen molar-refractivity contribution in [3.63, 3.8) is 0 Å². The summed E-state index contributed by atoms with van der Waals surface area (Å²) in [7, 11) is 3.08. The second kappa shape index (κ2) is 7.45. The number of methoxy groups -OCH3 is 2. The Bertz CT molecular complexity index is 1440. The van der Waals surface area contributed by atoms with Crippen molar-refractivity contribution < 1.29 is 18.7 Å². The van der Waals surface area contributed by atoms with Gasteiger partial charge in [-0.1, -0.05) is 29.0 Å². The minimum absolute atomic E-state index is 0.0130. The molecule has 0 saturated heterocycles. The lowest BCUT2D eigenvalue weighted by Crippen LogP contribution is -2.29. The van der Waals surface area contributed by atoms with Gasteiger partial charge in [-0.2, -0.15) is 0 Å². The maximum absolute atomic E-state index is 13.6. The molecule has 0 bridgehead atoms. The monoisotopic (exact) mass is 449 g/mol. The Kier molecular flexibility index (Phi) is 4.70. The molecule has 1 aliphatic rings. The number of hydrogen-bond acceptors (Lipinski definition) is 8. The van der Waals surface area contributed by atoms with Gasteiger partial charge in [0.1, 0.15) is 10.6 Å². The summed E-state index contributed by atoms with van der Waals surface area (Å²) in [5.41, 5.74) is 1.99. The van der Waals surface area contributed by atoms with Gasteiger partial charge in [-0.15, -0.1) is 10.2 Å². The van der Waals surface area contributed by atoms with Crippen LogP contribution in [0, 0.1) is 13.8 Å². The number of fused-ring (bicyclic) bond motifs is 2. The average Bonchev–Trinajstić information content (AvgIpc) is 3.34.